The van der Waals surface area contributed by atoms with Crippen LogP contribution in [0.1, 0.15) is 12.5 Å². The second-order valence-electron chi connectivity index (χ2n) is 5.96. The number of nitrogens with one attached hydrogen (secondary N) is 2. The summed E-state index contributed by atoms with van der Waals surface area (Å²) < 4.78 is 13.9. The van der Waals surface area contributed by atoms with Crippen molar-refractivity contribution in [1.29, 1.82) is 5.26 Å². The van der Waals surface area contributed by atoms with Crippen LogP contribution in [0, 0.1) is 17.1 Å². The van der Waals surface area contributed by atoms with Crippen LogP contribution in [-0.4, -0.2) is 27.7 Å². The van der Waals surface area contributed by atoms with E-state index in [4.69, 9.17) is 0 Å². The highest BCUT2D eigenvalue weighted by Gasteiger charge is 2.12. The molecule has 6 nitrogen and oxygen atoms in total. The van der Waals surface area contributed by atoms with E-state index in [-0.39, 0.29) is 18.2 Å². The van der Waals surface area contributed by atoms with Gasteiger partial charge in [0.1, 0.15) is 23.3 Å². The predicted octanol–water partition coefficient (Wildman–Crippen LogP) is 3.69. The fourth-order valence-corrected chi connectivity index (χ4v) is 2.48. The number of nitriles is 1. The zero-order valence-corrected chi connectivity index (χ0v) is 14.6. The van der Waals surface area contributed by atoms with Gasteiger partial charge in [0.2, 0.25) is 5.95 Å². The average Bonchev–Trinajstić information content (AvgIpc) is 2.68. The number of aliphatic hydroxyl groups is 1. The SMILES string of the molecule is C[C@H](CO)Nc1nc(Nc2cccc(F)c2C#N)cc(-c2ccccc2)n1. The molecule has 0 radical (unpaired) electrons. The standard InChI is InChI=1S/C20H18FN5O/c1-13(12-27)23-20-25-18(14-6-3-2-4-7-14)10-19(26-20)24-17-9-5-8-16(21)15(17)11-22/h2-10,13,27H,12H2,1H3,(H2,23,24,25,26)/t13-/m1/s1. The summed E-state index contributed by atoms with van der Waals surface area (Å²) in [6.45, 7) is 1.72. The van der Waals surface area contributed by atoms with E-state index in [1.54, 1.807) is 19.1 Å². The van der Waals surface area contributed by atoms with Crippen molar-refractivity contribution in [1.82, 2.24) is 9.97 Å². The fraction of sp³-hybridized carbons (Fsp3) is 0.150. The molecule has 27 heavy (non-hydrogen) atoms. The highest BCUT2D eigenvalue weighted by atomic mass is 19.1. The molecule has 3 aromatic rings. The first-order valence-corrected chi connectivity index (χ1v) is 8.38. The van der Waals surface area contributed by atoms with Gasteiger partial charge in [-0.25, -0.2) is 9.37 Å². The Balaban J connectivity index is 2.03. The number of halogens is 1. The number of aliphatic hydroxyl groups excluding tert-OH is 1. The van der Waals surface area contributed by atoms with Crippen molar-refractivity contribution in [3.05, 3.63) is 66.0 Å². The van der Waals surface area contributed by atoms with E-state index in [2.05, 4.69) is 20.6 Å². The van der Waals surface area contributed by atoms with Gasteiger partial charge in [-0.1, -0.05) is 36.4 Å². The van der Waals surface area contributed by atoms with Crippen molar-refractivity contribution in [3.63, 3.8) is 0 Å². The van der Waals surface area contributed by atoms with Gasteiger partial charge in [0.15, 0.2) is 0 Å². The summed E-state index contributed by atoms with van der Waals surface area (Å²) in [6.07, 6.45) is 0. The van der Waals surface area contributed by atoms with Gasteiger partial charge in [0, 0.05) is 17.7 Å². The van der Waals surface area contributed by atoms with Gasteiger partial charge < -0.3 is 15.7 Å². The minimum Gasteiger partial charge on any atom is -0.394 e. The van der Waals surface area contributed by atoms with Gasteiger partial charge in [-0.05, 0) is 19.1 Å². The fourth-order valence-electron chi connectivity index (χ4n) is 2.48. The second-order valence-corrected chi connectivity index (χ2v) is 5.96. The zero-order chi connectivity index (χ0) is 19.2. The molecule has 0 fully saturated rings. The first kappa shape index (κ1) is 18.3. The number of hydrogen-bond donors (Lipinski definition) is 3. The molecule has 1 heterocycles. The molecule has 0 spiro atoms. The molecule has 0 saturated carbocycles. The predicted molar refractivity (Wildman–Crippen MR) is 102 cm³/mol. The van der Waals surface area contributed by atoms with Crippen molar-refractivity contribution >= 4 is 17.5 Å². The Morgan fingerprint density at radius 1 is 1.15 bits per heavy atom. The Kier molecular flexibility index (Phi) is 5.59. The average molecular weight is 363 g/mol. The molecule has 0 unspecified atom stereocenters. The van der Waals surface area contributed by atoms with Gasteiger partial charge in [-0.15, -0.1) is 0 Å². The Morgan fingerprint density at radius 2 is 1.93 bits per heavy atom. The number of benzene rings is 2. The zero-order valence-electron chi connectivity index (χ0n) is 14.6. The maximum absolute atomic E-state index is 13.9. The first-order valence-electron chi connectivity index (χ1n) is 8.38. The van der Waals surface area contributed by atoms with Crippen molar-refractivity contribution in [3.8, 4) is 17.3 Å². The van der Waals surface area contributed by atoms with Crippen molar-refractivity contribution in [2.45, 2.75) is 13.0 Å². The molecular weight excluding hydrogens is 345 g/mol. The third-order valence-electron chi connectivity index (χ3n) is 3.83. The van der Waals surface area contributed by atoms with Crippen LogP contribution in [0.25, 0.3) is 11.3 Å². The summed E-state index contributed by atoms with van der Waals surface area (Å²) in [6, 6.07) is 17.2. The topological polar surface area (TPSA) is 93.9 Å². The number of rotatable bonds is 6. The van der Waals surface area contributed by atoms with Crippen LogP contribution >= 0.6 is 0 Å². The van der Waals surface area contributed by atoms with Crippen LogP contribution in [0.4, 0.5) is 21.8 Å². The Morgan fingerprint density at radius 3 is 2.63 bits per heavy atom. The van der Waals surface area contributed by atoms with E-state index < -0.39 is 5.82 Å². The molecule has 7 heteroatoms. The minimum absolute atomic E-state index is 0.0792. The van der Waals surface area contributed by atoms with Gasteiger partial charge in [-0.3, -0.25) is 0 Å². The Bertz CT molecular complexity index is 972. The van der Waals surface area contributed by atoms with Crippen molar-refractivity contribution in [2.75, 3.05) is 17.2 Å². The summed E-state index contributed by atoms with van der Waals surface area (Å²) in [7, 11) is 0. The molecule has 1 atom stereocenters. The summed E-state index contributed by atoms with van der Waals surface area (Å²) in [5, 5.41) is 24.5. The molecule has 0 bridgehead atoms. The summed E-state index contributed by atoms with van der Waals surface area (Å²) in [4.78, 5) is 8.85. The van der Waals surface area contributed by atoms with Crippen LogP contribution in [-0.2, 0) is 0 Å². The summed E-state index contributed by atoms with van der Waals surface area (Å²) in [5.41, 5.74) is 1.75. The third kappa shape index (κ3) is 4.37. The quantitative estimate of drug-likeness (QED) is 0.618. The maximum Gasteiger partial charge on any atom is 0.225 e. The molecule has 0 saturated heterocycles. The van der Waals surface area contributed by atoms with E-state index in [1.165, 1.54) is 12.1 Å². The van der Waals surface area contributed by atoms with E-state index in [0.717, 1.165) is 5.56 Å². The molecule has 0 amide bonds. The van der Waals surface area contributed by atoms with Crippen LogP contribution in [0.15, 0.2) is 54.6 Å². The molecule has 0 aliphatic heterocycles. The smallest absolute Gasteiger partial charge is 0.225 e. The second kappa shape index (κ2) is 8.25. The van der Waals surface area contributed by atoms with E-state index in [9.17, 15) is 14.8 Å². The molecule has 3 rings (SSSR count). The van der Waals surface area contributed by atoms with Gasteiger partial charge in [-0.2, -0.15) is 10.2 Å². The van der Waals surface area contributed by atoms with Crippen LogP contribution in [0.2, 0.25) is 0 Å². The number of nitrogens with zero attached hydrogens (tertiary/aromatic N) is 3. The normalized spacial score (nSPS) is 11.5. The van der Waals surface area contributed by atoms with Crippen molar-refractivity contribution < 1.29 is 9.50 Å². The first-order chi connectivity index (χ1) is 13.1. The monoisotopic (exact) mass is 363 g/mol. The molecular formula is C20H18FN5O. The Hall–Kier alpha value is -3.50. The largest absolute Gasteiger partial charge is 0.394 e. The third-order valence-corrected chi connectivity index (χ3v) is 3.83. The minimum atomic E-state index is -0.605. The van der Waals surface area contributed by atoms with Crippen LogP contribution in [0.3, 0.4) is 0 Å². The number of aromatic nitrogens is 2. The highest BCUT2D eigenvalue weighted by Crippen LogP contribution is 2.26. The molecule has 1 aromatic heterocycles. The number of anilines is 3. The van der Waals surface area contributed by atoms with Crippen molar-refractivity contribution in [2.24, 2.45) is 0 Å². The number of hydrogen-bond acceptors (Lipinski definition) is 6. The lowest BCUT2D eigenvalue weighted by atomic mass is 10.1. The lowest BCUT2D eigenvalue weighted by Crippen LogP contribution is -2.21. The van der Waals surface area contributed by atoms with E-state index in [0.29, 0.717) is 23.1 Å². The summed E-state index contributed by atoms with van der Waals surface area (Å²) in [5.74, 6) is 0.112. The molecule has 3 N–H and O–H groups in total. The van der Waals surface area contributed by atoms with Crippen LogP contribution in [0.5, 0.6) is 0 Å². The van der Waals surface area contributed by atoms with Crippen LogP contribution < -0.4 is 10.6 Å². The Labute approximate surface area is 156 Å². The maximum atomic E-state index is 13.9. The van der Waals surface area contributed by atoms with E-state index in [1.807, 2.05) is 36.4 Å². The molecule has 0 aliphatic rings. The highest BCUT2D eigenvalue weighted by molar-refractivity contribution is 5.70. The molecule has 2 aromatic carbocycles. The van der Waals surface area contributed by atoms with Gasteiger partial charge in [0.05, 0.1) is 18.0 Å². The lowest BCUT2D eigenvalue weighted by Gasteiger charge is -2.15. The van der Waals surface area contributed by atoms with Gasteiger partial charge >= 0.3 is 0 Å². The summed E-state index contributed by atoms with van der Waals surface area (Å²) >= 11 is 0. The lowest BCUT2D eigenvalue weighted by molar-refractivity contribution is 0.281. The molecule has 0 aliphatic carbocycles. The molecule has 136 valence electrons. The van der Waals surface area contributed by atoms with E-state index >= 15 is 0 Å². The van der Waals surface area contributed by atoms with Gasteiger partial charge in [0.25, 0.3) is 0 Å².